The molecule has 0 saturated carbocycles. The summed E-state index contributed by atoms with van der Waals surface area (Å²) in [5.41, 5.74) is 6.30. The molecule has 0 aromatic heterocycles. The average molecular weight is 433 g/mol. The Labute approximate surface area is 172 Å². The van der Waals surface area contributed by atoms with Crippen LogP contribution >= 0.6 is 12.4 Å². The van der Waals surface area contributed by atoms with Crippen molar-refractivity contribution in [2.24, 2.45) is 11.7 Å². The zero-order valence-corrected chi connectivity index (χ0v) is 18.0. The lowest BCUT2D eigenvalue weighted by atomic mass is 9.92. The van der Waals surface area contributed by atoms with E-state index in [1.54, 1.807) is 4.90 Å². The molecule has 1 aliphatic heterocycles. The quantitative estimate of drug-likeness (QED) is 0.625. The van der Waals surface area contributed by atoms with Crippen molar-refractivity contribution in [2.45, 2.75) is 50.6 Å². The van der Waals surface area contributed by atoms with Crippen LogP contribution < -0.4 is 15.8 Å². The van der Waals surface area contributed by atoms with Crippen molar-refractivity contribution in [1.82, 2.24) is 9.62 Å². The van der Waals surface area contributed by atoms with E-state index in [2.05, 4.69) is 17.0 Å². The van der Waals surface area contributed by atoms with Crippen molar-refractivity contribution in [1.29, 1.82) is 0 Å². The van der Waals surface area contributed by atoms with E-state index in [1.165, 1.54) is 38.1 Å². The van der Waals surface area contributed by atoms with E-state index in [9.17, 15) is 18.0 Å². The maximum atomic E-state index is 12.8. The summed E-state index contributed by atoms with van der Waals surface area (Å²) >= 11 is 0. The molecule has 1 aliphatic rings. The number of nitrogens with two attached hydrogens (primary N) is 1. The molecule has 1 aromatic rings. The number of sulfonamides is 1. The number of carbonyl (C=O) groups excluding carboxylic acids is 2. The second kappa shape index (κ2) is 10.2. The van der Waals surface area contributed by atoms with Crippen molar-refractivity contribution in [2.75, 3.05) is 18.4 Å². The number of amides is 2. The van der Waals surface area contributed by atoms with Gasteiger partial charge in [-0.25, -0.2) is 8.42 Å². The lowest BCUT2D eigenvalue weighted by molar-refractivity contribution is -0.136. The van der Waals surface area contributed by atoms with Crippen molar-refractivity contribution >= 4 is 39.9 Å². The molecule has 2 rings (SSSR count). The minimum atomic E-state index is -3.86. The number of nitrogens with zero attached hydrogens (tertiary/aromatic N) is 1. The highest BCUT2D eigenvalue weighted by atomic mass is 35.5. The molecular formula is C18H29ClN4O4S. The van der Waals surface area contributed by atoms with Crippen molar-refractivity contribution in [3.63, 3.8) is 0 Å². The first kappa shape index (κ1) is 24.4. The number of carbonyl (C=O) groups is 2. The first-order valence-corrected chi connectivity index (χ1v) is 10.5. The molecule has 4 N–H and O–H groups in total. The van der Waals surface area contributed by atoms with Gasteiger partial charge in [-0.3, -0.25) is 9.59 Å². The van der Waals surface area contributed by atoms with Crippen LogP contribution in [0.25, 0.3) is 0 Å². The topological polar surface area (TPSA) is 122 Å². The van der Waals surface area contributed by atoms with Crippen molar-refractivity contribution < 1.29 is 18.0 Å². The van der Waals surface area contributed by atoms with Crippen LogP contribution in [-0.2, 0) is 19.6 Å². The van der Waals surface area contributed by atoms with Gasteiger partial charge in [-0.05, 0) is 49.9 Å². The van der Waals surface area contributed by atoms with Gasteiger partial charge >= 0.3 is 0 Å². The van der Waals surface area contributed by atoms with Gasteiger partial charge in [-0.1, -0.05) is 6.92 Å². The standard InChI is InChI=1S/C18H28N4O4S.ClH/c1-12-8-9-22(16(10-12)11-19)18(24)13(2)21-27(25,26)17-6-4-15(5-7-17)20-14(3)23;/h4-7,12-13,16,21H,8-11,19H2,1-3H3,(H,20,23);1H. The predicted octanol–water partition coefficient (Wildman–Crippen LogP) is 1.32. The summed E-state index contributed by atoms with van der Waals surface area (Å²) in [6, 6.07) is 4.81. The molecule has 0 bridgehead atoms. The Morgan fingerprint density at radius 3 is 2.43 bits per heavy atom. The second-order valence-electron chi connectivity index (χ2n) is 7.10. The summed E-state index contributed by atoms with van der Waals surface area (Å²) in [4.78, 5) is 25.5. The number of likely N-dealkylation sites (tertiary alicyclic amines) is 1. The van der Waals surface area contributed by atoms with Gasteiger partial charge in [0.25, 0.3) is 0 Å². The van der Waals surface area contributed by atoms with Gasteiger partial charge < -0.3 is 16.0 Å². The second-order valence-corrected chi connectivity index (χ2v) is 8.81. The summed E-state index contributed by atoms with van der Waals surface area (Å²) in [5, 5.41) is 2.57. The van der Waals surface area contributed by atoms with Crippen LogP contribution in [-0.4, -0.2) is 50.3 Å². The maximum Gasteiger partial charge on any atom is 0.241 e. The monoisotopic (exact) mass is 432 g/mol. The minimum absolute atomic E-state index is 0. The Bertz CT molecular complexity index is 785. The van der Waals surface area contributed by atoms with E-state index in [4.69, 9.17) is 5.73 Å². The van der Waals surface area contributed by atoms with Crippen LogP contribution in [0.15, 0.2) is 29.2 Å². The Morgan fingerprint density at radius 1 is 1.29 bits per heavy atom. The van der Waals surface area contributed by atoms with Crippen molar-refractivity contribution in [3.05, 3.63) is 24.3 Å². The SMILES string of the molecule is CC(=O)Nc1ccc(S(=O)(=O)NC(C)C(=O)N2CCC(C)CC2CN)cc1.Cl. The van der Waals surface area contributed by atoms with Crippen molar-refractivity contribution in [3.8, 4) is 0 Å². The van der Waals surface area contributed by atoms with E-state index in [1.807, 2.05) is 0 Å². The number of rotatable bonds is 6. The lowest BCUT2D eigenvalue weighted by Crippen LogP contribution is -2.55. The first-order valence-electron chi connectivity index (χ1n) is 9.04. The number of halogens is 1. The number of anilines is 1. The fourth-order valence-electron chi connectivity index (χ4n) is 3.29. The predicted molar refractivity (Wildman–Crippen MR) is 111 cm³/mol. The average Bonchev–Trinajstić information content (AvgIpc) is 2.60. The van der Waals surface area contributed by atoms with Gasteiger partial charge in [-0.15, -0.1) is 12.4 Å². The number of hydrogen-bond acceptors (Lipinski definition) is 5. The van der Waals surface area contributed by atoms with Crippen LogP contribution in [0.1, 0.15) is 33.6 Å². The zero-order valence-electron chi connectivity index (χ0n) is 16.3. The van der Waals surface area contributed by atoms with Crippen LogP contribution in [0.3, 0.4) is 0 Å². The molecule has 2 amide bonds. The third kappa shape index (κ3) is 6.16. The van der Waals surface area contributed by atoms with Crippen LogP contribution in [0.5, 0.6) is 0 Å². The largest absolute Gasteiger partial charge is 0.337 e. The summed E-state index contributed by atoms with van der Waals surface area (Å²) < 4.78 is 27.6. The highest BCUT2D eigenvalue weighted by Gasteiger charge is 2.33. The smallest absolute Gasteiger partial charge is 0.241 e. The first-order chi connectivity index (χ1) is 12.6. The number of nitrogens with one attached hydrogen (secondary N) is 2. The highest BCUT2D eigenvalue weighted by Crippen LogP contribution is 2.23. The third-order valence-electron chi connectivity index (χ3n) is 4.72. The molecule has 1 fully saturated rings. The summed E-state index contributed by atoms with van der Waals surface area (Å²) in [7, 11) is -3.86. The fourth-order valence-corrected chi connectivity index (χ4v) is 4.48. The summed E-state index contributed by atoms with van der Waals surface area (Å²) in [6.07, 6.45) is 1.71. The maximum absolute atomic E-state index is 12.8. The fraction of sp³-hybridized carbons (Fsp3) is 0.556. The molecule has 1 heterocycles. The van der Waals surface area contributed by atoms with E-state index in [-0.39, 0.29) is 35.2 Å². The van der Waals surface area contributed by atoms with Crippen LogP contribution in [0, 0.1) is 5.92 Å². The number of piperidine rings is 1. The molecule has 1 saturated heterocycles. The summed E-state index contributed by atoms with van der Waals surface area (Å²) in [6.45, 7) is 5.98. The normalized spacial score (nSPS) is 20.8. The molecule has 10 heteroatoms. The Balaban J connectivity index is 0.00000392. The van der Waals surface area contributed by atoms with E-state index in [0.717, 1.165) is 12.8 Å². The zero-order chi connectivity index (χ0) is 20.2. The number of hydrogen-bond donors (Lipinski definition) is 3. The molecule has 0 spiro atoms. The minimum Gasteiger partial charge on any atom is -0.337 e. The molecule has 3 unspecified atom stereocenters. The molecule has 158 valence electrons. The molecule has 0 radical (unpaired) electrons. The lowest BCUT2D eigenvalue weighted by Gasteiger charge is -2.39. The van der Waals surface area contributed by atoms with Gasteiger partial charge in [0.1, 0.15) is 0 Å². The van der Waals surface area contributed by atoms with Gasteiger partial charge in [0.15, 0.2) is 0 Å². The van der Waals surface area contributed by atoms with Crippen LogP contribution in [0.4, 0.5) is 5.69 Å². The molecule has 8 nitrogen and oxygen atoms in total. The highest BCUT2D eigenvalue weighted by molar-refractivity contribution is 7.89. The van der Waals surface area contributed by atoms with Gasteiger partial charge in [0.05, 0.1) is 10.9 Å². The number of benzene rings is 1. The molecular weight excluding hydrogens is 404 g/mol. The Kier molecular flexibility index (Phi) is 8.87. The van der Waals surface area contributed by atoms with E-state index >= 15 is 0 Å². The third-order valence-corrected chi connectivity index (χ3v) is 6.28. The molecule has 1 aromatic carbocycles. The van der Waals surface area contributed by atoms with Crippen LogP contribution in [0.2, 0.25) is 0 Å². The molecule has 3 atom stereocenters. The molecule has 0 aliphatic carbocycles. The Morgan fingerprint density at radius 2 is 1.89 bits per heavy atom. The van der Waals surface area contributed by atoms with Gasteiger partial charge in [0.2, 0.25) is 21.8 Å². The summed E-state index contributed by atoms with van der Waals surface area (Å²) in [5.74, 6) is -0.0132. The van der Waals surface area contributed by atoms with E-state index < -0.39 is 16.1 Å². The van der Waals surface area contributed by atoms with E-state index in [0.29, 0.717) is 24.7 Å². The molecule has 28 heavy (non-hydrogen) atoms. The Hall–Kier alpha value is -1.68. The van der Waals surface area contributed by atoms with Gasteiger partial charge in [0, 0.05) is 31.7 Å². The van der Waals surface area contributed by atoms with Gasteiger partial charge in [-0.2, -0.15) is 4.72 Å².